The zero-order chi connectivity index (χ0) is 20.2. The number of nitrogens with zero attached hydrogens (tertiary/aromatic N) is 5. The fourth-order valence-corrected chi connectivity index (χ4v) is 5.29. The van der Waals surface area contributed by atoms with Crippen LogP contribution in [0.1, 0.15) is 12.8 Å². The first-order chi connectivity index (χ1) is 14.1. The van der Waals surface area contributed by atoms with Crippen molar-refractivity contribution in [1.82, 2.24) is 24.1 Å². The molecule has 0 unspecified atom stereocenters. The average molecular weight is 432 g/mol. The van der Waals surface area contributed by atoms with Gasteiger partial charge in [-0.2, -0.15) is 0 Å². The highest BCUT2D eigenvalue weighted by atomic mass is 32.2. The Bertz CT molecular complexity index is 920. The van der Waals surface area contributed by atoms with Gasteiger partial charge in [0.15, 0.2) is 0 Å². The lowest BCUT2D eigenvalue weighted by Crippen LogP contribution is -2.42. The predicted molar refractivity (Wildman–Crippen MR) is 117 cm³/mol. The van der Waals surface area contributed by atoms with Gasteiger partial charge in [-0.1, -0.05) is 6.07 Å². The summed E-state index contributed by atoms with van der Waals surface area (Å²) in [7, 11) is 2.10. The van der Waals surface area contributed by atoms with Crippen LogP contribution in [0.4, 0.5) is 4.79 Å². The first kappa shape index (κ1) is 20.3. The van der Waals surface area contributed by atoms with Crippen molar-refractivity contribution in [3.8, 4) is 0 Å². The van der Waals surface area contributed by atoms with Crippen LogP contribution in [0.15, 0.2) is 46.7 Å². The Labute approximate surface area is 179 Å². The average Bonchev–Trinajstić information content (AvgIpc) is 3.30. The van der Waals surface area contributed by atoms with Crippen molar-refractivity contribution in [2.24, 2.45) is 0 Å². The summed E-state index contributed by atoms with van der Waals surface area (Å²) in [5, 5.41) is 1.01. The molecule has 9 heteroatoms. The van der Waals surface area contributed by atoms with Gasteiger partial charge >= 0.3 is 0 Å². The van der Waals surface area contributed by atoms with Crippen molar-refractivity contribution in [3.05, 3.63) is 41.7 Å². The van der Waals surface area contributed by atoms with E-state index in [0.29, 0.717) is 11.4 Å². The van der Waals surface area contributed by atoms with E-state index in [0.717, 1.165) is 67.2 Å². The van der Waals surface area contributed by atoms with Gasteiger partial charge in [0.1, 0.15) is 5.65 Å². The Morgan fingerprint density at radius 1 is 1.17 bits per heavy atom. The molecule has 29 heavy (non-hydrogen) atoms. The van der Waals surface area contributed by atoms with Crippen LogP contribution in [0.2, 0.25) is 0 Å². The molecule has 2 fully saturated rings. The highest BCUT2D eigenvalue weighted by molar-refractivity contribution is 8.18. The van der Waals surface area contributed by atoms with Gasteiger partial charge in [0.2, 0.25) is 0 Å². The second-order valence-electron chi connectivity index (χ2n) is 7.23. The Kier molecular flexibility index (Phi) is 6.46. The van der Waals surface area contributed by atoms with E-state index >= 15 is 0 Å². The number of amides is 2. The highest BCUT2D eigenvalue weighted by Gasteiger charge is 2.35. The minimum atomic E-state index is -0.147. The molecule has 0 N–H and O–H groups in total. The minimum Gasteiger partial charge on any atom is -0.374 e. The number of piperazine rings is 1. The zero-order valence-corrected chi connectivity index (χ0v) is 18.1. The van der Waals surface area contributed by atoms with Crippen LogP contribution >= 0.6 is 23.5 Å². The molecule has 2 aliphatic heterocycles. The summed E-state index contributed by atoms with van der Waals surface area (Å²) in [6.07, 6.45) is 7.39. The van der Waals surface area contributed by atoms with E-state index in [1.165, 1.54) is 4.90 Å². The van der Waals surface area contributed by atoms with E-state index in [1.807, 2.05) is 24.5 Å². The van der Waals surface area contributed by atoms with E-state index in [4.69, 9.17) is 0 Å². The molecular formula is C20H25N5O2S2. The number of hydrogen-bond donors (Lipinski definition) is 0. The van der Waals surface area contributed by atoms with Crippen LogP contribution < -0.4 is 0 Å². The number of fused-ring (bicyclic) bond motifs is 1. The number of imide groups is 1. The molecule has 2 saturated heterocycles. The number of carbonyl (C=O) groups excluding carboxylic acids is 2. The number of pyridine rings is 1. The van der Waals surface area contributed by atoms with Gasteiger partial charge in [-0.05, 0) is 49.5 Å². The summed E-state index contributed by atoms with van der Waals surface area (Å²) in [6.45, 7) is 4.22. The van der Waals surface area contributed by atoms with Crippen molar-refractivity contribution in [2.45, 2.75) is 17.9 Å². The normalized spacial score (nSPS) is 19.8. The molecule has 0 spiro atoms. The number of unbranched alkanes of at least 4 members (excludes halogenated alkanes) is 1. The van der Waals surface area contributed by atoms with Crippen LogP contribution in [-0.2, 0) is 4.79 Å². The summed E-state index contributed by atoms with van der Waals surface area (Å²) in [5.41, 5.74) is 0.944. The molecule has 2 amide bonds. The van der Waals surface area contributed by atoms with Gasteiger partial charge in [-0.3, -0.25) is 18.9 Å². The summed E-state index contributed by atoms with van der Waals surface area (Å²) >= 11 is 2.84. The van der Waals surface area contributed by atoms with Crippen LogP contribution in [0.25, 0.3) is 5.65 Å². The maximum absolute atomic E-state index is 12.6. The van der Waals surface area contributed by atoms with Crippen LogP contribution in [0.3, 0.4) is 0 Å². The van der Waals surface area contributed by atoms with Crippen LogP contribution in [0, 0.1) is 0 Å². The smallest absolute Gasteiger partial charge is 0.293 e. The molecular weight excluding hydrogens is 406 g/mol. The van der Waals surface area contributed by atoms with E-state index in [9.17, 15) is 9.59 Å². The largest absolute Gasteiger partial charge is 0.374 e. The van der Waals surface area contributed by atoms with E-state index in [1.54, 1.807) is 18.0 Å². The Morgan fingerprint density at radius 3 is 2.83 bits per heavy atom. The minimum absolute atomic E-state index is 0.144. The van der Waals surface area contributed by atoms with E-state index in [2.05, 4.69) is 32.3 Å². The second kappa shape index (κ2) is 9.23. The summed E-state index contributed by atoms with van der Waals surface area (Å²) in [5.74, 6) is 0.791. The molecule has 0 radical (unpaired) electrons. The molecule has 2 aromatic heterocycles. The van der Waals surface area contributed by atoms with Crippen LogP contribution in [0.5, 0.6) is 0 Å². The van der Waals surface area contributed by atoms with Crippen LogP contribution in [-0.4, -0.2) is 80.8 Å². The van der Waals surface area contributed by atoms with Gasteiger partial charge in [-0.15, -0.1) is 11.8 Å². The standard InChI is InChI=1S/C20H25N5O2S2/c1-22-10-12-23(13-11-22)15-16-19(26)25(20(27)29-16)8-2-3-14-28-18-6-4-5-17-21-7-9-24(17)18/h4-7,9,15H,2-3,8,10-14H2,1H3. The highest BCUT2D eigenvalue weighted by Crippen LogP contribution is 2.31. The topological polar surface area (TPSA) is 61.2 Å². The molecule has 0 saturated carbocycles. The van der Waals surface area contributed by atoms with Crippen molar-refractivity contribution in [3.63, 3.8) is 0 Å². The van der Waals surface area contributed by atoms with Crippen molar-refractivity contribution < 1.29 is 9.59 Å². The Hall–Kier alpha value is -1.97. The number of thioether (sulfide) groups is 2. The maximum atomic E-state index is 12.6. The van der Waals surface area contributed by atoms with Gasteiger partial charge < -0.3 is 9.80 Å². The third-order valence-electron chi connectivity index (χ3n) is 5.13. The lowest BCUT2D eigenvalue weighted by Gasteiger charge is -2.31. The lowest BCUT2D eigenvalue weighted by molar-refractivity contribution is -0.122. The number of carbonyl (C=O) groups is 2. The molecule has 0 atom stereocenters. The van der Waals surface area contributed by atoms with Gasteiger partial charge in [0.05, 0.1) is 9.93 Å². The number of imidazole rings is 1. The molecule has 7 nitrogen and oxygen atoms in total. The molecule has 0 aliphatic carbocycles. The molecule has 0 bridgehead atoms. The number of hydrogen-bond acceptors (Lipinski definition) is 7. The fraction of sp³-hybridized carbons (Fsp3) is 0.450. The van der Waals surface area contributed by atoms with Crippen molar-refractivity contribution >= 4 is 40.3 Å². The molecule has 4 rings (SSSR count). The van der Waals surface area contributed by atoms with Gasteiger partial charge in [0, 0.05) is 51.3 Å². The number of rotatable bonds is 7. The van der Waals surface area contributed by atoms with Crippen molar-refractivity contribution in [2.75, 3.05) is 45.5 Å². The number of likely N-dealkylation sites (N-methyl/N-ethyl adjacent to an activating group) is 1. The third-order valence-corrected chi connectivity index (χ3v) is 7.14. The predicted octanol–water partition coefficient (Wildman–Crippen LogP) is 2.99. The number of aromatic nitrogens is 2. The lowest BCUT2D eigenvalue weighted by atomic mass is 10.3. The third kappa shape index (κ3) is 4.79. The SMILES string of the molecule is CN1CCN(C=C2SC(=O)N(CCCCSc3cccc4nccn34)C2=O)CC1. The molecule has 2 aliphatic rings. The van der Waals surface area contributed by atoms with E-state index < -0.39 is 0 Å². The Morgan fingerprint density at radius 2 is 2.00 bits per heavy atom. The maximum Gasteiger partial charge on any atom is 0.293 e. The monoisotopic (exact) mass is 431 g/mol. The first-order valence-corrected chi connectivity index (χ1v) is 11.6. The molecule has 4 heterocycles. The van der Waals surface area contributed by atoms with E-state index in [-0.39, 0.29) is 11.1 Å². The second-order valence-corrected chi connectivity index (χ2v) is 9.34. The molecule has 0 aromatic carbocycles. The summed E-state index contributed by atoms with van der Waals surface area (Å²) < 4.78 is 2.07. The first-order valence-electron chi connectivity index (χ1n) is 9.85. The van der Waals surface area contributed by atoms with Crippen molar-refractivity contribution in [1.29, 1.82) is 0 Å². The quantitative estimate of drug-likeness (QED) is 0.379. The van der Waals surface area contributed by atoms with Gasteiger partial charge in [-0.25, -0.2) is 4.98 Å². The fourth-order valence-electron chi connectivity index (χ4n) is 3.39. The summed E-state index contributed by atoms with van der Waals surface area (Å²) in [6, 6.07) is 6.08. The Balaban J connectivity index is 1.24. The molecule has 154 valence electrons. The summed E-state index contributed by atoms with van der Waals surface area (Å²) in [4.78, 5) is 35.6. The van der Waals surface area contributed by atoms with Gasteiger partial charge in [0.25, 0.3) is 11.1 Å². The zero-order valence-electron chi connectivity index (χ0n) is 16.5. The molecule has 2 aromatic rings.